The maximum Gasteiger partial charge on any atom is 0.401 e. The van der Waals surface area contributed by atoms with Gasteiger partial charge in [-0.05, 0) is 30.7 Å². The Balaban J connectivity index is 2.73. The molecule has 0 bridgehead atoms. The standard InChI is InChI=1S/C11H11F4NOS/c1-6-4-7(2-3-9(6)12)17-5-8(10(16)18)11(13,14)15/h2-4,8H,5H2,1H3,(H2,16,18). The molecule has 0 radical (unpaired) electrons. The van der Waals surface area contributed by atoms with E-state index in [1.807, 2.05) is 0 Å². The quantitative estimate of drug-likeness (QED) is 0.680. The van der Waals surface area contributed by atoms with Crippen LogP contribution in [0.5, 0.6) is 5.75 Å². The van der Waals surface area contributed by atoms with Gasteiger partial charge >= 0.3 is 6.18 Å². The summed E-state index contributed by atoms with van der Waals surface area (Å²) >= 11 is 4.34. The minimum absolute atomic E-state index is 0.138. The Morgan fingerprint density at radius 1 is 1.44 bits per heavy atom. The molecule has 0 fully saturated rings. The summed E-state index contributed by atoms with van der Waals surface area (Å²) in [6, 6.07) is 3.67. The highest BCUT2D eigenvalue weighted by molar-refractivity contribution is 7.80. The van der Waals surface area contributed by atoms with Crippen LogP contribution in [0, 0.1) is 18.7 Å². The molecule has 1 unspecified atom stereocenters. The van der Waals surface area contributed by atoms with Crippen LogP contribution >= 0.6 is 12.2 Å². The molecule has 0 saturated carbocycles. The predicted octanol–water partition coefficient (Wildman–Crippen LogP) is 2.98. The summed E-state index contributed by atoms with van der Waals surface area (Å²) in [5.74, 6) is -2.33. The summed E-state index contributed by atoms with van der Waals surface area (Å²) in [5, 5.41) is 0. The lowest BCUT2D eigenvalue weighted by atomic mass is 10.1. The van der Waals surface area contributed by atoms with Crippen molar-refractivity contribution in [3.8, 4) is 5.75 Å². The Morgan fingerprint density at radius 3 is 2.50 bits per heavy atom. The second kappa shape index (κ2) is 5.51. The number of ether oxygens (including phenoxy) is 1. The van der Waals surface area contributed by atoms with Crippen LogP contribution in [0.2, 0.25) is 0 Å². The average Bonchev–Trinajstić information content (AvgIpc) is 2.21. The third kappa shape index (κ3) is 3.83. The predicted molar refractivity (Wildman–Crippen MR) is 63.0 cm³/mol. The Labute approximate surface area is 107 Å². The van der Waals surface area contributed by atoms with E-state index in [9.17, 15) is 17.6 Å². The Morgan fingerprint density at radius 2 is 2.06 bits per heavy atom. The van der Waals surface area contributed by atoms with Gasteiger partial charge in [0, 0.05) is 0 Å². The van der Waals surface area contributed by atoms with Crippen molar-refractivity contribution in [3.05, 3.63) is 29.6 Å². The van der Waals surface area contributed by atoms with Gasteiger partial charge in [-0.1, -0.05) is 12.2 Å². The first-order valence-corrected chi connectivity index (χ1v) is 5.37. The molecule has 0 saturated heterocycles. The first-order valence-electron chi connectivity index (χ1n) is 4.97. The summed E-state index contributed by atoms with van der Waals surface area (Å²) in [6.07, 6.45) is -4.55. The molecule has 0 aromatic heterocycles. The molecule has 100 valence electrons. The number of aryl methyl sites for hydroxylation is 1. The zero-order chi connectivity index (χ0) is 13.9. The molecule has 2 N–H and O–H groups in total. The second-order valence-electron chi connectivity index (χ2n) is 3.72. The van der Waals surface area contributed by atoms with E-state index in [-0.39, 0.29) is 11.3 Å². The summed E-state index contributed by atoms with van der Waals surface area (Å²) in [7, 11) is 0. The molecule has 0 aliphatic carbocycles. The van der Waals surface area contributed by atoms with E-state index < -0.39 is 29.5 Å². The fourth-order valence-electron chi connectivity index (χ4n) is 1.22. The molecule has 0 spiro atoms. The Kier molecular flexibility index (Phi) is 4.50. The van der Waals surface area contributed by atoms with Gasteiger partial charge < -0.3 is 10.5 Å². The number of rotatable bonds is 4. The van der Waals surface area contributed by atoms with Crippen LogP contribution in [0.25, 0.3) is 0 Å². The van der Waals surface area contributed by atoms with Gasteiger partial charge in [-0.25, -0.2) is 4.39 Å². The van der Waals surface area contributed by atoms with Crippen LogP contribution in [0.1, 0.15) is 5.56 Å². The number of halogens is 4. The fourth-order valence-corrected chi connectivity index (χ4v) is 1.43. The van der Waals surface area contributed by atoms with Crippen LogP contribution in [0.15, 0.2) is 18.2 Å². The molecule has 1 aromatic carbocycles. The molecule has 7 heteroatoms. The maximum absolute atomic E-state index is 12.9. The molecule has 1 atom stereocenters. The molecule has 1 rings (SSSR count). The van der Waals surface area contributed by atoms with Crippen LogP contribution in [0.4, 0.5) is 17.6 Å². The molecule has 0 aliphatic rings. The SMILES string of the molecule is Cc1cc(OCC(C(N)=S)C(F)(F)F)ccc1F. The van der Waals surface area contributed by atoms with Crippen LogP contribution in [0.3, 0.4) is 0 Å². The summed E-state index contributed by atoms with van der Waals surface area (Å²) in [5.41, 5.74) is 5.30. The molecular formula is C11H11F4NOS. The number of thiocarbonyl (C=S) groups is 1. The second-order valence-corrected chi connectivity index (χ2v) is 4.19. The highest BCUT2D eigenvalue weighted by atomic mass is 32.1. The topological polar surface area (TPSA) is 35.2 Å². The van der Waals surface area contributed by atoms with E-state index in [4.69, 9.17) is 10.5 Å². The van der Waals surface area contributed by atoms with Crippen molar-refractivity contribution < 1.29 is 22.3 Å². The van der Waals surface area contributed by atoms with E-state index in [2.05, 4.69) is 12.2 Å². The zero-order valence-corrected chi connectivity index (χ0v) is 10.2. The fraction of sp³-hybridized carbons (Fsp3) is 0.364. The maximum atomic E-state index is 12.9. The first-order chi connectivity index (χ1) is 8.21. The molecule has 1 aromatic rings. The normalized spacial score (nSPS) is 13.2. The molecule has 0 amide bonds. The third-order valence-electron chi connectivity index (χ3n) is 2.28. The van der Waals surface area contributed by atoms with E-state index in [0.29, 0.717) is 0 Å². The molecular weight excluding hydrogens is 270 g/mol. The third-order valence-corrected chi connectivity index (χ3v) is 2.57. The highest BCUT2D eigenvalue weighted by Crippen LogP contribution is 2.27. The van der Waals surface area contributed by atoms with Crippen LogP contribution < -0.4 is 10.5 Å². The molecule has 0 aliphatic heterocycles. The number of nitrogens with two attached hydrogens (primary N) is 1. The minimum Gasteiger partial charge on any atom is -0.492 e. The first kappa shape index (κ1) is 14.7. The van der Waals surface area contributed by atoms with E-state index in [1.165, 1.54) is 19.1 Å². The number of hydrogen-bond acceptors (Lipinski definition) is 2. The smallest absolute Gasteiger partial charge is 0.401 e. The van der Waals surface area contributed by atoms with E-state index in [1.54, 1.807) is 0 Å². The summed E-state index contributed by atoms with van der Waals surface area (Å²) in [4.78, 5) is -0.679. The molecule has 18 heavy (non-hydrogen) atoms. The summed E-state index contributed by atoms with van der Waals surface area (Å²) < 4.78 is 55.4. The lowest BCUT2D eigenvalue weighted by Crippen LogP contribution is -2.38. The van der Waals surface area contributed by atoms with Gasteiger partial charge in [0.05, 0.1) is 4.99 Å². The highest BCUT2D eigenvalue weighted by Gasteiger charge is 2.42. The lowest BCUT2D eigenvalue weighted by molar-refractivity contribution is -0.161. The van der Waals surface area contributed by atoms with Crippen molar-refractivity contribution in [2.45, 2.75) is 13.1 Å². The monoisotopic (exact) mass is 281 g/mol. The van der Waals surface area contributed by atoms with Gasteiger partial charge in [-0.15, -0.1) is 0 Å². The van der Waals surface area contributed by atoms with Gasteiger partial charge in [0.25, 0.3) is 0 Å². The van der Waals surface area contributed by atoms with Crippen molar-refractivity contribution in [1.82, 2.24) is 0 Å². The van der Waals surface area contributed by atoms with Gasteiger partial charge in [0.15, 0.2) is 0 Å². The van der Waals surface area contributed by atoms with Gasteiger partial charge in [-0.3, -0.25) is 0 Å². The number of benzene rings is 1. The largest absolute Gasteiger partial charge is 0.492 e. The van der Waals surface area contributed by atoms with E-state index in [0.717, 1.165) is 6.07 Å². The zero-order valence-electron chi connectivity index (χ0n) is 9.42. The van der Waals surface area contributed by atoms with Crippen molar-refractivity contribution in [2.24, 2.45) is 11.7 Å². The van der Waals surface area contributed by atoms with Crippen molar-refractivity contribution in [3.63, 3.8) is 0 Å². The van der Waals surface area contributed by atoms with Gasteiger partial charge in [0.2, 0.25) is 0 Å². The van der Waals surface area contributed by atoms with E-state index >= 15 is 0 Å². The summed E-state index contributed by atoms with van der Waals surface area (Å²) in [6.45, 7) is 0.765. The van der Waals surface area contributed by atoms with Crippen molar-refractivity contribution >= 4 is 17.2 Å². The van der Waals surface area contributed by atoms with Crippen LogP contribution in [-0.2, 0) is 0 Å². The minimum atomic E-state index is -4.55. The van der Waals surface area contributed by atoms with Gasteiger partial charge in [-0.2, -0.15) is 13.2 Å². The molecule has 0 heterocycles. The average molecular weight is 281 g/mol. The molecule has 2 nitrogen and oxygen atoms in total. The number of hydrogen-bond donors (Lipinski definition) is 1. The Bertz CT molecular complexity index is 447. The van der Waals surface area contributed by atoms with Crippen molar-refractivity contribution in [2.75, 3.05) is 6.61 Å². The van der Waals surface area contributed by atoms with Gasteiger partial charge in [0.1, 0.15) is 24.1 Å². The Hall–Kier alpha value is -1.37. The van der Waals surface area contributed by atoms with Crippen molar-refractivity contribution in [1.29, 1.82) is 0 Å². The van der Waals surface area contributed by atoms with Crippen LogP contribution in [-0.4, -0.2) is 17.8 Å². The number of alkyl halides is 3. The lowest BCUT2D eigenvalue weighted by Gasteiger charge is -2.19.